The zero-order valence-electron chi connectivity index (χ0n) is 14.7. The van der Waals surface area contributed by atoms with E-state index in [0.717, 1.165) is 28.5 Å². The van der Waals surface area contributed by atoms with Crippen molar-refractivity contribution in [2.24, 2.45) is 0 Å². The number of hydrogen-bond acceptors (Lipinski definition) is 5. The Balaban J connectivity index is 1.85. The molecule has 4 aromatic rings. The van der Waals surface area contributed by atoms with Gasteiger partial charge in [0.15, 0.2) is 0 Å². The predicted octanol–water partition coefficient (Wildman–Crippen LogP) is 2.62. The lowest BCUT2D eigenvalue weighted by atomic mass is 10.1. The molecule has 2 heterocycles. The van der Waals surface area contributed by atoms with E-state index in [4.69, 9.17) is 9.97 Å². The van der Waals surface area contributed by atoms with E-state index in [1.807, 2.05) is 55.4 Å². The topological polar surface area (TPSA) is 71.0 Å². The van der Waals surface area contributed by atoms with Crippen molar-refractivity contribution in [3.8, 4) is 0 Å². The zero-order valence-corrected chi connectivity index (χ0v) is 14.7. The maximum absolute atomic E-state index is 12.6. The molecule has 1 amide bonds. The fourth-order valence-electron chi connectivity index (χ4n) is 2.99. The van der Waals surface area contributed by atoms with Crippen LogP contribution >= 0.6 is 0 Å². The summed E-state index contributed by atoms with van der Waals surface area (Å²) in [5, 5.41) is 3.88. The molecule has 0 saturated carbocycles. The fourth-order valence-corrected chi connectivity index (χ4v) is 2.99. The fraction of sp³-hybridized carbons (Fsp3) is 0.200. The van der Waals surface area contributed by atoms with Crippen LogP contribution in [0.4, 0.5) is 0 Å². The Morgan fingerprint density at radius 2 is 1.77 bits per heavy atom. The molecular formula is C20H19N5O. The Kier molecular flexibility index (Phi) is 4.18. The largest absolute Gasteiger partial charge is 0.351 e. The summed E-state index contributed by atoms with van der Waals surface area (Å²) in [5.74, 6) is -0.135. The molecule has 0 fully saturated rings. The molecule has 6 heteroatoms. The van der Waals surface area contributed by atoms with Gasteiger partial charge in [-0.05, 0) is 50.5 Å². The van der Waals surface area contributed by atoms with E-state index >= 15 is 0 Å². The van der Waals surface area contributed by atoms with Gasteiger partial charge in [0.05, 0.1) is 27.6 Å². The number of nitrogens with one attached hydrogen (secondary N) is 1. The second kappa shape index (κ2) is 6.65. The van der Waals surface area contributed by atoms with Gasteiger partial charge in [-0.15, -0.1) is 0 Å². The highest BCUT2D eigenvalue weighted by Crippen LogP contribution is 2.25. The number of nitrogens with zero attached hydrogens (tertiary/aromatic N) is 4. The number of benzene rings is 2. The van der Waals surface area contributed by atoms with Crippen molar-refractivity contribution < 1.29 is 4.79 Å². The molecule has 0 saturated heterocycles. The van der Waals surface area contributed by atoms with Crippen molar-refractivity contribution in [1.82, 2.24) is 25.2 Å². The summed E-state index contributed by atoms with van der Waals surface area (Å²) in [6.45, 7) is 1.36. The Morgan fingerprint density at radius 1 is 0.962 bits per heavy atom. The third-order valence-corrected chi connectivity index (χ3v) is 4.30. The molecule has 0 aliphatic heterocycles. The van der Waals surface area contributed by atoms with Gasteiger partial charge in [-0.25, -0.2) is 9.97 Å². The summed E-state index contributed by atoms with van der Waals surface area (Å²) < 4.78 is 0. The molecule has 6 nitrogen and oxygen atoms in total. The number of carbonyl (C=O) groups is 1. The Morgan fingerprint density at radius 3 is 2.62 bits per heavy atom. The first kappa shape index (κ1) is 16.4. The van der Waals surface area contributed by atoms with E-state index in [0.29, 0.717) is 23.1 Å². The van der Waals surface area contributed by atoms with Gasteiger partial charge in [-0.1, -0.05) is 6.07 Å². The van der Waals surface area contributed by atoms with Crippen LogP contribution in [0.15, 0.2) is 48.7 Å². The van der Waals surface area contributed by atoms with Crippen LogP contribution in [0.3, 0.4) is 0 Å². The van der Waals surface area contributed by atoms with Gasteiger partial charge in [0.25, 0.3) is 5.91 Å². The van der Waals surface area contributed by atoms with Gasteiger partial charge in [-0.2, -0.15) is 0 Å². The number of para-hydroxylation sites is 1. The normalized spacial score (nSPS) is 11.5. The number of pyridine rings is 1. The van der Waals surface area contributed by atoms with Crippen molar-refractivity contribution >= 4 is 38.9 Å². The lowest BCUT2D eigenvalue weighted by molar-refractivity contribution is 0.0952. The summed E-state index contributed by atoms with van der Waals surface area (Å²) in [4.78, 5) is 28.5. The highest BCUT2D eigenvalue weighted by atomic mass is 16.1. The van der Waals surface area contributed by atoms with Crippen molar-refractivity contribution in [3.63, 3.8) is 0 Å². The van der Waals surface area contributed by atoms with Crippen LogP contribution in [0.25, 0.3) is 33.0 Å². The lowest BCUT2D eigenvalue weighted by Crippen LogP contribution is -2.31. The van der Waals surface area contributed by atoms with Crippen LogP contribution in [0.1, 0.15) is 10.4 Å². The van der Waals surface area contributed by atoms with Crippen LogP contribution < -0.4 is 5.32 Å². The van der Waals surface area contributed by atoms with Crippen molar-refractivity contribution in [2.45, 2.75) is 0 Å². The van der Waals surface area contributed by atoms with Crippen LogP contribution in [0.2, 0.25) is 0 Å². The predicted molar refractivity (Wildman–Crippen MR) is 103 cm³/mol. The molecular weight excluding hydrogens is 326 g/mol. The average Bonchev–Trinajstić information content (AvgIpc) is 2.65. The van der Waals surface area contributed by atoms with Gasteiger partial charge in [0.2, 0.25) is 0 Å². The third kappa shape index (κ3) is 2.95. The standard InChI is InChI=1S/C20H19N5O/c1-25(2)12-11-22-20(26)14-5-3-7-16-19(14)24-18-13-6-4-10-21-15(13)8-9-17(18)23-16/h3-10H,11-12H2,1-2H3,(H,22,26). The van der Waals surface area contributed by atoms with Gasteiger partial charge in [0, 0.05) is 24.7 Å². The maximum Gasteiger partial charge on any atom is 0.253 e. The quantitative estimate of drug-likeness (QED) is 0.455. The first-order valence-corrected chi connectivity index (χ1v) is 8.50. The Labute approximate surface area is 150 Å². The summed E-state index contributed by atoms with van der Waals surface area (Å²) >= 11 is 0. The molecule has 1 N–H and O–H groups in total. The van der Waals surface area contributed by atoms with E-state index < -0.39 is 0 Å². The van der Waals surface area contributed by atoms with Crippen LogP contribution in [0, 0.1) is 0 Å². The molecule has 0 atom stereocenters. The zero-order chi connectivity index (χ0) is 18.1. The van der Waals surface area contributed by atoms with E-state index in [1.165, 1.54) is 0 Å². The number of aromatic nitrogens is 3. The Bertz CT molecular complexity index is 1120. The number of fused-ring (bicyclic) bond motifs is 4. The molecule has 2 aromatic carbocycles. The molecule has 2 aromatic heterocycles. The minimum atomic E-state index is -0.135. The van der Waals surface area contributed by atoms with E-state index in [2.05, 4.69) is 10.3 Å². The van der Waals surface area contributed by atoms with Crippen LogP contribution in [0.5, 0.6) is 0 Å². The minimum Gasteiger partial charge on any atom is -0.351 e. The van der Waals surface area contributed by atoms with Crippen molar-refractivity contribution in [1.29, 1.82) is 0 Å². The molecule has 0 spiro atoms. The number of rotatable bonds is 4. The average molecular weight is 345 g/mol. The van der Waals surface area contributed by atoms with Gasteiger partial charge < -0.3 is 10.2 Å². The molecule has 0 radical (unpaired) electrons. The highest BCUT2D eigenvalue weighted by Gasteiger charge is 2.14. The molecule has 0 aliphatic rings. The molecule has 4 rings (SSSR count). The maximum atomic E-state index is 12.6. The number of hydrogen-bond donors (Lipinski definition) is 1. The molecule has 0 unspecified atom stereocenters. The van der Waals surface area contributed by atoms with Crippen molar-refractivity contribution in [2.75, 3.05) is 27.2 Å². The van der Waals surface area contributed by atoms with Gasteiger partial charge in [0.1, 0.15) is 5.52 Å². The lowest BCUT2D eigenvalue weighted by Gasteiger charge is -2.11. The summed E-state index contributed by atoms with van der Waals surface area (Å²) in [5.41, 5.74) is 4.28. The number of carbonyl (C=O) groups excluding carboxylic acids is 1. The third-order valence-electron chi connectivity index (χ3n) is 4.30. The number of amides is 1. The molecule has 130 valence electrons. The second-order valence-electron chi connectivity index (χ2n) is 6.46. The smallest absolute Gasteiger partial charge is 0.253 e. The summed E-state index contributed by atoms with van der Waals surface area (Å²) in [7, 11) is 3.95. The molecule has 0 aliphatic carbocycles. The van der Waals surface area contributed by atoms with E-state index in [9.17, 15) is 4.79 Å². The second-order valence-corrected chi connectivity index (χ2v) is 6.46. The van der Waals surface area contributed by atoms with Crippen LogP contribution in [-0.2, 0) is 0 Å². The van der Waals surface area contributed by atoms with Gasteiger partial charge in [-0.3, -0.25) is 9.78 Å². The summed E-state index contributed by atoms with van der Waals surface area (Å²) in [6, 6.07) is 13.2. The van der Waals surface area contributed by atoms with E-state index in [1.54, 1.807) is 12.3 Å². The Hall–Kier alpha value is -3.12. The van der Waals surface area contributed by atoms with Crippen LogP contribution in [-0.4, -0.2) is 52.9 Å². The minimum absolute atomic E-state index is 0.135. The molecule has 0 bridgehead atoms. The highest BCUT2D eigenvalue weighted by molar-refractivity contribution is 6.09. The summed E-state index contributed by atoms with van der Waals surface area (Å²) in [6.07, 6.45) is 1.76. The monoisotopic (exact) mass is 345 g/mol. The molecule has 26 heavy (non-hydrogen) atoms. The van der Waals surface area contributed by atoms with E-state index in [-0.39, 0.29) is 5.91 Å². The number of likely N-dealkylation sites (N-methyl/N-ethyl adjacent to an activating group) is 1. The van der Waals surface area contributed by atoms with Gasteiger partial charge >= 0.3 is 0 Å². The van der Waals surface area contributed by atoms with Crippen molar-refractivity contribution in [3.05, 3.63) is 54.2 Å². The SMILES string of the molecule is CN(C)CCNC(=O)c1cccc2nc3ccc4ncccc4c3nc12. The first-order valence-electron chi connectivity index (χ1n) is 8.50. The first-order chi connectivity index (χ1) is 12.6.